The Hall–Kier alpha value is -10.8. The number of aliphatic hydroxyl groups is 2. The van der Waals surface area contributed by atoms with Crippen LogP contribution in [0.2, 0.25) is 0 Å². The van der Waals surface area contributed by atoms with E-state index in [9.17, 15) is 15.7 Å². The fraction of sp³-hybridized carbons (Fsp3) is 0.402. The van der Waals surface area contributed by atoms with Gasteiger partial charge < -0.3 is 120 Å². The molecule has 0 aliphatic carbocycles. The first kappa shape index (κ1) is 102. The number of azide groups is 1. The molecule has 0 bridgehead atoms. The van der Waals surface area contributed by atoms with Crippen LogP contribution in [0.25, 0.3) is 10.4 Å². The Morgan fingerprint density at radius 1 is 0.340 bits per heavy atom. The molecule has 6 saturated heterocycles. The maximum Gasteiger partial charge on any atom is 0.217 e. The molecule has 26 atom stereocenters. The summed E-state index contributed by atoms with van der Waals surface area (Å²) in [5.74, 6) is -0.594. The van der Waals surface area contributed by atoms with Gasteiger partial charge >= 0.3 is 0 Å². The minimum absolute atomic E-state index is 0.00418. The molecule has 0 aromatic heterocycles. The minimum atomic E-state index is -1.84. The Bertz CT molecular complexity index is 5470. The van der Waals surface area contributed by atoms with Gasteiger partial charge in [0.05, 0.1) is 98.6 Å². The molecule has 6 heterocycles. The van der Waals surface area contributed by atoms with E-state index in [1.54, 1.807) is 0 Å². The van der Waals surface area contributed by atoms with E-state index < -0.39 is 166 Å². The molecule has 0 spiro atoms. The summed E-state index contributed by atoms with van der Waals surface area (Å²) in [4.78, 5) is 18.3. The number of hydrogen-bond acceptors (Lipinski definition) is 26. The van der Waals surface area contributed by atoms with Crippen LogP contribution < -0.4 is 5.32 Å². The summed E-state index contributed by atoms with van der Waals surface area (Å²) in [5.41, 5.74) is 18.4. The predicted molar refractivity (Wildman–Crippen MR) is 516 cm³/mol. The Labute approximate surface area is 822 Å². The molecule has 11 aromatic rings. The number of nitrogens with zero attached hydrogens (tertiary/aromatic N) is 3. The summed E-state index contributed by atoms with van der Waals surface area (Å²) in [5, 5.41) is 32.7. The minimum Gasteiger partial charge on any atom is -0.387 e. The quantitative estimate of drug-likeness (QED) is 0.0138. The number of ether oxygens (including phenoxy) is 22. The van der Waals surface area contributed by atoms with Crippen LogP contribution in [0.4, 0.5) is 0 Å². The molecule has 6 aliphatic rings. The number of rotatable bonds is 48. The van der Waals surface area contributed by atoms with Gasteiger partial charge in [-0.05, 0) is 74.5 Å². The molecule has 6 fully saturated rings. The summed E-state index contributed by atoms with van der Waals surface area (Å²) in [6, 6.07) is 105. The zero-order valence-corrected chi connectivity index (χ0v) is 78.9. The van der Waals surface area contributed by atoms with Gasteiger partial charge in [-0.25, -0.2) is 0 Å². The number of amides is 1. The van der Waals surface area contributed by atoms with Crippen LogP contribution in [-0.4, -0.2) is 209 Å². The molecule has 17 rings (SSSR count). The number of carbonyl (C=O) groups excluding carboxylic acids is 1. The molecule has 6 aliphatic heterocycles. The first-order valence-electron chi connectivity index (χ1n) is 48.4. The van der Waals surface area contributed by atoms with Crippen molar-refractivity contribution in [1.29, 1.82) is 0 Å². The van der Waals surface area contributed by atoms with Gasteiger partial charge in [-0.15, -0.1) is 0 Å². The molecular formula is C112H124N4O25. The largest absolute Gasteiger partial charge is 0.387 e. The lowest BCUT2D eigenvalue weighted by Crippen LogP contribution is -2.72. The van der Waals surface area contributed by atoms with Gasteiger partial charge in [-0.3, -0.25) is 4.79 Å². The fourth-order valence-electron chi connectivity index (χ4n) is 18.3. The van der Waals surface area contributed by atoms with Crippen LogP contribution in [0, 0.1) is 0 Å². The van der Waals surface area contributed by atoms with E-state index in [-0.39, 0.29) is 106 Å². The first-order valence-corrected chi connectivity index (χ1v) is 48.4. The lowest BCUT2D eigenvalue weighted by molar-refractivity contribution is -0.406. The normalized spacial score (nSPS) is 28.8. The molecule has 742 valence electrons. The van der Waals surface area contributed by atoms with Gasteiger partial charge in [0.1, 0.15) is 116 Å². The van der Waals surface area contributed by atoms with Crippen molar-refractivity contribution in [2.75, 3.05) is 39.6 Å². The zero-order chi connectivity index (χ0) is 96.5. The van der Waals surface area contributed by atoms with Crippen molar-refractivity contribution in [3.63, 3.8) is 0 Å². The lowest BCUT2D eigenvalue weighted by atomic mass is 9.93. The average Bonchev–Trinajstić information content (AvgIpc) is 0.747. The van der Waals surface area contributed by atoms with Crippen molar-refractivity contribution in [2.24, 2.45) is 5.11 Å². The number of benzene rings is 11. The average molecular weight is 1930 g/mol. The summed E-state index contributed by atoms with van der Waals surface area (Å²) < 4.78 is 160. The highest BCUT2D eigenvalue weighted by atomic mass is 16.8. The molecule has 11 aromatic carbocycles. The summed E-state index contributed by atoms with van der Waals surface area (Å²) >= 11 is 0. The highest BCUT2D eigenvalue weighted by Gasteiger charge is 2.61. The van der Waals surface area contributed by atoms with Crippen molar-refractivity contribution < 1.29 is 119 Å². The molecule has 29 nitrogen and oxygen atoms in total. The van der Waals surface area contributed by atoms with Crippen molar-refractivity contribution in [1.82, 2.24) is 5.32 Å². The molecule has 3 N–H and O–H groups in total. The molecule has 141 heavy (non-hydrogen) atoms. The summed E-state index contributed by atoms with van der Waals surface area (Å²) in [6.45, 7) is 3.16. The van der Waals surface area contributed by atoms with Crippen molar-refractivity contribution in [3.8, 4) is 0 Å². The SMILES string of the molecule is CC(=O)N[C@H]1[C@H](O[C@H]2[C@@H](OCc3ccccc3)[C@@H](COCc3ccccc3)O[C@@H](O[C@H]3[C@H](OCc4ccccc4)[C@@H](OCc4ccccc4)[C@H](OCCCN=[N+]=[N-])O[C@@H]3COCc3ccccc3)[C@@H]2OCc2ccccc2)O[C@H](COCc2ccccc2)[C@@H](O[C@@H]2O[C@@H]3CO[C@H](c4ccccc4)O[C@@H]3[C@H](O)[C@H]2O)[C@@H]1O[C@@H]1O[C@@H](C)[C@@H](OCc2ccccc2)[C@@H](OCc2ccccc2)[C@@H]1OCc1ccccc1. The van der Waals surface area contributed by atoms with Gasteiger partial charge in [-0.2, -0.15) is 0 Å². The van der Waals surface area contributed by atoms with E-state index in [0.29, 0.717) is 12.0 Å². The van der Waals surface area contributed by atoms with E-state index in [4.69, 9.17) is 104 Å². The Morgan fingerprint density at radius 2 is 0.660 bits per heavy atom. The van der Waals surface area contributed by atoms with Gasteiger partial charge in [0.15, 0.2) is 37.7 Å². The molecule has 1 amide bonds. The van der Waals surface area contributed by atoms with Crippen LogP contribution in [0.15, 0.2) is 339 Å². The van der Waals surface area contributed by atoms with Crippen LogP contribution in [0.3, 0.4) is 0 Å². The monoisotopic (exact) mass is 1920 g/mol. The predicted octanol–water partition coefficient (Wildman–Crippen LogP) is 16.0. The van der Waals surface area contributed by atoms with Crippen LogP contribution in [0.5, 0.6) is 0 Å². The number of aliphatic hydroxyl groups excluding tert-OH is 2. The van der Waals surface area contributed by atoms with Crippen molar-refractivity contribution in [3.05, 3.63) is 405 Å². The highest BCUT2D eigenvalue weighted by molar-refractivity contribution is 5.73. The molecule has 0 unspecified atom stereocenters. The number of hydrogen-bond donors (Lipinski definition) is 3. The fourth-order valence-corrected chi connectivity index (χ4v) is 18.3. The highest BCUT2D eigenvalue weighted by Crippen LogP contribution is 2.44. The zero-order valence-electron chi connectivity index (χ0n) is 78.9. The maximum absolute atomic E-state index is 15.3. The number of fused-ring (bicyclic) bond motifs is 1. The van der Waals surface area contributed by atoms with Crippen LogP contribution in [0.1, 0.15) is 87.8 Å². The van der Waals surface area contributed by atoms with Gasteiger partial charge in [0.2, 0.25) is 5.91 Å². The Kier molecular flexibility index (Phi) is 38.2. The van der Waals surface area contributed by atoms with E-state index >= 15 is 4.79 Å². The smallest absolute Gasteiger partial charge is 0.217 e. The maximum atomic E-state index is 15.3. The Balaban J connectivity index is 0.829. The Morgan fingerprint density at radius 3 is 1.08 bits per heavy atom. The molecule has 0 saturated carbocycles. The standard InChI is InChI=1S/C112H124N4O25/c1-75-95(124-64-80-43-20-6-21-44-80)101(126-66-82-47-24-8-25-48-82)105(129-69-85-53-30-11-31-54-85)111(132-75)140-100-92(115-76(2)117)108(133-89(72-121-62-78-39-16-4-17-40-78)98(100)138-109-94(119)93(118)96-91(134-109)74-131-107(137-96)87-57-34-13-35-58-87)141-103-97(125-65-81-45-22-7-23-46-81)88(71-120-61-77-37-14-3-15-38-77)136-112(106(103)130-70-86-55-32-12-33-56-86)139-99-90(73-122-63-79-41-18-5-19-42-79)135-110(123-60-36-59-114-116-113)104(128-68-84-51-28-10-29-52-84)102(99)127-67-83-49-26-9-27-50-83/h3-35,37-58,75,88-112,118-119H,36,59-74H2,1-2H3,(H,115,117)/t75-,88+,89+,90+,91+,92+,93+,94+,95+,96-,97-,98+,99+,100+,101+,102-,103-,104+,105-,106+,107-,108-,109-,110+,111-,112-/m0/s1. The molecule has 29 heteroatoms. The summed E-state index contributed by atoms with van der Waals surface area (Å²) in [7, 11) is 0. The summed E-state index contributed by atoms with van der Waals surface area (Å²) in [6.07, 6.45) is -32.4. The van der Waals surface area contributed by atoms with Crippen molar-refractivity contribution in [2.45, 2.75) is 246 Å². The number of carbonyl (C=O) groups is 1. The molecule has 0 radical (unpaired) electrons. The molecular weight excluding hydrogens is 1800 g/mol. The third-order valence-corrected chi connectivity index (χ3v) is 25.4. The second-order valence-corrected chi connectivity index (χ2v) is 35.7. The van der Waals surface area contributed by atoms with E-state index in [1.165, 1.54) is 6.92 Å². The second kappa shape index (κ2) is 53.0. The van der Waals surface area contributed by atoms with Crippen LogP contribution in [-0.2, 0) is 175 Å². The third-order valence-electron chi connectivity index (χ3n) is 25.4. The van der Waals surface area contributed by atoms with Gasteiger partial charge in [-0.1, -0.05) is 339 Å². The van der Waals surface area contributed by atoms with Crippen molar-refractivity contribution >= 4 is 5.91 Å². The van der Waals surface area contributed by atoms with Gasteiger partial charge in [0, 0.05) is 30.6 Å². The second-order valence-electron chi connectivity index (χ2n) is 35.7. The van der Waals surface area contributed by atoms with Crippen LogP contribution >= 0.6 is 0 Å². The first-order chi connectivity index (χ1) is 69.4. The van der Waals surface area contributed by atoms with E-state index in [2.05, 4.69) is 15.3 Å². The van der Waals surface area contributed by atoms with Gasteiger partial charge in [0.25, 0.3) is 0 Å². The number of nitrogens with one attached hydrogen (secondary N) is 1. The van der Waals surface area contributed by atoms with E-state index in [1.807, 2.05) is 341 Å². The lowest BCUT2D eigenvalue weighted by Gasteiger charge is -2.53. The topological polar surface area (TPSA) is 321 Å². The van der Waals surface area contributed by atoms with E-state index in [0.717, 1.165) is 55.6 Å². The third kappa shape index (κ3) is 28.7.